The second-order valence-electron chi connectivity index (χ2n) is 13.4. The van der Waals surface area contributed by atoms with Crippen LogP contribution in [0.2, 0.25) is 0 Å². The average Bonchev–Trinajstić information content (AvgIpc) is 3.24. The van der Waals surface area contributed by atoms with E-state index in [1.54, 1.807) is 12.1 Å². The van der Waals surface area contributed by atoms with Crippen molar-refractivity contribution < 1.29 is 19.1 Å². The van der Waals surface area contributed by atoms with Crippen LogP contribution in [0.25, 0.3) is 0 Å². The van der Waals surface area contributed by atoms with Crippen LogP contribution in [0.4, 0.5) is 51.1 Å². The van der Waals surface area contributed by atoms with Gasteiger partial charge in [-0.2, -0.15) is 9.97 Å². The maximum atomic E-state index is 12.4. The smallest absolute Gasteiger partial charge is 0.323 e. The molecule has 0 aliphatic carbocycles. The molecule has 2 heterocycles. The van der Waals surface area contributed by atoms with Crippen molar-refractivity contribution in [3.63, 3.8) is 0 Å². The van der Waals surface area contributed by atoms with E-state index in [0.717, 1.165) is 27.9 Å². The fourth-order valence-electron chi connectivity index (χ4n) is 5.18. The number of aryl methyl sites for hydroxylation is 2. The number of benzene rings is 4. The van der Waals surface area contributed by atoms with Gasteiger partial charge in [0, 0.05) is 29.2 Å². The van der Waals surface area contributed by atoms with Crippen LogP contribution >= 0.6 is 0 Å². The predicted molar refractivity (Wildman–Crippen MR) is 250 cm³/mol. The van der Waals surface area contributed by atoms with Crippen molar-refractivity contribution >= 4 is 65.8 Å². The highest BCUT2D eigenvalue weighted by atomic mass is 16.5. The first-order valence-electron chi connectivity index (χ1n) is 19.2. The van der Waals surface area contributed by atoms with Gasteiger partial charge in [-0.15, -0.1) is 0 Å². The first kappa shape index (κ1) is 49.4. The quantitative estimate of drug-likeness (QED) is 0.0528. The zero-order valence-electron chi connectivity index (χ0n) is 36.1. The van der Waals surface area contributed by atoms with Gasteiger partial charge >= 0.3 is 6.03 Å². The van der Waals surface area contributed by atoms with Crippen molar-refractivity contribution in [3.8, 4) is 23.0 Å². The molecule has 0 bridgehead atoms. The summed E-state index contributed by atoms with van der Waals surface area (Å²) in [6, 6.07) is 26.1. The Morgan fingerprint density at radius 1 is 0.639 bits per heavy atom. The number of carbonyl (C=O) groups excluding carboxylic acids is 2. The molecule has 16 nitrogen and oxygen atoms in total. The molecule has 0 aliphatic rings. The molecular weight excluding hydrogens is 773 g/mol. The summed E-state index contributed by atoms with van der Waals surface area (Å²) < 4.78 is 11.8. The molecule has 6 rings (SSSR count). The number of nitrogens with two attached hydrogens (primary N) is 5. The molecule has 12 N–H and O–H groups in total. The summed E-state index contributed by atoms with van der Waals surface area (Å²) in [6.45, 7) is 21.5. The van der Waals surface area contributed by atoms with E-state index in [2.05, 4.69) is 70.0 Å². The molecule has 61 heavy (non-hydrogen) atoms. The van der Waals surface area contributed by atoms with Crippen molar-refractivity contribution in [1.29, 1.82) is 0 Å². The SMILES string of the molecule is C=Nc1ccccc1.C=O.CC.Cc1cc(C(C)C)c(Oc2cnc(N)nc2N)cc1N.Cc1cc(C(C)C)c(Oc2cnc(N)nc2N)cc1NC(=O)Nc1ccccc1. The predicted octanol–water partition coefficient (Wildman–Crippen LogP) is 9.82. The van der Waals surface area contributed by atoms with Gasteiger partial charge in [-0.05, 0) is 78.9 Å². The van der Waals surface area contributed by atoms with E-state index in [4.69, 9.17) is 42.9 Å². The van der Waals surface area contributed by atoms with Crippen molar-refractivity contribution in [1.82, 2.24) is 19.9 Å². The fourth-order valence-corrected chi connectivity index (χ4v) is 5.18. The summed E-state index contributed by atoms with van der Waals surface area (Å²) in [4.78, 5) is 39.7. The molecule has 322 valence electrons. The molecule has 0 spiro atoms. The Balaban J connectivity index is 0.000000344. The average molecular weight is 831 g/mol. The lowest BCUT2D eigenvalue weighted by Gasteiger charge is -2.18. The van der Waals surface area contributed by atoms with Crippen molar-refractivity contribution in [2.24, 2.45) is 4.99 Å². The molecule has 0 radical (unpaired) electrons. The highest BCUT2D eigenvalue weighted by molar-refractivity contribution is 6.00. The molecule has 16 heteroatoms. The molecule has 0 atom stereocenters. The normalized spacial score (nSPS) is 9.87. The number of ether oxygens (including phenoxy) is 2. The van der Waals surface area contributed by atoms with Gasteiger partial charge in [0.2, 0.25) is 11.9 Å². The van der Waals surface area contributed by atoms with Gasteiger partial charge in [0.05, 0.1) is 18.1 Å². The molecule has 0 fully saturated rings. The minimum Gasteiger partial charge on any atom is -0.451 e. The molecule has 0 unspecified atom stereocenters. The Bertz CT molecular complexity index is 2310. The van der Waals surface area contributed by atoms with E-state index in [0.29, 0.717) is 46.0 Å². The number of nitrogens with one attached hydrogen (secondary N) is 2. The van der Waals surface area contributed by atoms with Crippen LogP contribution < -0.4 is 48.8 Å². The number of rotatable bonds is 9. The lowest BCUT2D eigenvalue weighted by atomic mass is 9.98. The maximum absolute atomic E-state index is 12.4. The number of anilines is 7. The number of hydrogen-bond donors (Lipinski definition) is 7. The third-order valence-electron chi connectivity index (χ3n) is 8.26. The molecule has 4 aromatic carbocycles. The third kappa shape index (κ3) is 15.5. The number of amides is 2. The number of hydrogen-bond acceptors (Lipinski definition) is 14. The first-order valence-corrected chi connectivity index (χ1v) is 19.2. The molecule has 0 saturated carbocycles. The van der Waals surface area contributed by atoms with Crippen LogP contribution in [-0.2, 0) is 4.79 Å². The Hall–Kier alpha value is -7.75. The zero-order valence-corrected chi connectivity index (χ0v) is 36.1. The van der Waals surface area contributed by atoms with Crippen LogP contribution in [0.3, 0.4) is 0 Å². The summed E-state index contributed by atoms with van der Waals surface area (Å²) in [5, 5.41) is 5.66. The number of aromatic nitrogens is 4. The summed E-state index contributed by atoms with van der Waals surface area (Å²) in [6.07, 6.45) is 2.88. The van der Waals surface area contributed by atoms with E-state index >= 15 is 0 Å². The van der Waals surface area contributed by atoms with E-state index < -0.39 is 0 Å². The second-order valence-corrected chi connectivity index (χ2v) is 13.4. The van der Waals surface area contributed by atoms with E-state index in [1.165, 1.54) is 12.4 Å². The summed E-state index contributed by atoms with van der Waals surface area (Å²) in [5.41, 5.74) is 35.5. The van der Waals surface area contributed by atoms with Crippen LogP contribution in [0.1, 0.15) is 75.6 Å². The third-order valence-corrected chi connectivity index (χ3v) is 8.26. The van der Waals surface area contributed by atoms with Gasteiger partial charge in [-0.3, -0.25) is 4.99 Å². The number of nitrogens with zero attached hydrogens (tertiary/aromatic N) is 5. The Morgan fingerprint density at radius 3 is 1.51 bits per heavy atom. The van der Waals surface area contributed by atoms with Crippen LogP contribution in [0, 0.1) is 13.8 Å². The Morgan fingerprint density at radius 2 is 1.08 bits per heavy atom. The molecule has 2 amide bonds. The van der Waals surface area contributed by atoms with Gasteiger partial charge in [0.25, 0.3) is 0 Å². The molecule has 0 saturated heterocycles. The van der Waals surface area contributed by atoms with E-state index in [-0.39, 0.29) is 35.5 Å². The van der Waals surface area contributed by atoms with Crippen LogP contribution in [-0.4, -0.2) is 39.5 Å². The number of para-hydroxylation sites is 2. The maximum Gasteiger partial charge on any atom is 0.323 e. The largest absolute Gasteiger partial charge is 0.451 e. The van der Waals surface area contributed by atoms with Crippen LogP contribution in [0.5, 0.6) is 23.0 Å². The van der Waals surface area contributed by atoms with Crippen molar-refractivity contribution in [3.05, 3.63) is 120 Å². The number of nitrogen functional groups attached to an aromatic ring is 5. The summed E-state index contributed by atoms with van der Waals surface area (Å²) in [5.74, 6) is 2.88. The monoisotopic (exact) mass is 830 g/mol. The topological polar surface area (TPSA) is 271 Å². The zero-order chi connectivity index (χ0) is 45.6. The number of urea groups is 1. The minimum atomic E-state index is -0.349. The highest BCUT2D eigenvalue weighted by Crippen LogP contribution is 2.37. The molecule has 6 aromatic rings. The minimum absolute atomic E-state index is 0.0720. The van der Waals surface area contributed by atoms with E-state index in [9.17, 15) is 4.79 Å². The fraction of sp³-hybridized carbons (Fsp3) is 0.222. The lowest BCUT2D eigenvalue weighted by molar-refractivity contribution is -0.0980. The van der Waals surface area contributed by atoms with Crippen LogP contribution in [0.15, 0.2) is 102 Å². The molecule has 2 aromatic heterocycles. The standard InChI is InChI=1S/C21H24N6O2.C14H19N5O.C7H7N.C2H6.CH2O/c1-12(2)15-9-13(3)16(26-21(28)25-14-7-5-4-6-8-14)10-17(15)29-18-11-24-20(23)27-19(18)22;1-7(2)9-4-8(3)10(15)5-11(9)20-12-6-18-14(17)19-13(12)16;1-8-7-5-3-2-4-6-7;2*1-2/h4-12H,1-3H3,(H2,25,26,28)(H4,22,23,24,27);4-7H,15H2,1-3H3,(H4,16,17,18,19);2-6H,1H2;1-2H3;1H2. The van der Waals surface area contributed by atoms with Gasteiger partial charge in [-0.25, -0.2) is 14.8 Å². The van der Waals surface area contributed by atoms with Gasteiger partial charge in [0.15, 0.2) is 23.1 Å². The Kier molecular flexibility index (Phi) is 20.2. The first-order chi connectivity index (χ1) is 29.1. The number of aliphatic imine (C=N–C) groups is 1. The van der Waals surface area contributed by atoms with Gasteiger partial charge in [0.1, 0.15) is 18.3 Å². The van der Waals surface area contributed by atoms with Gasteiger partial charge in [-0.1, -0.05) is 90.1 Å². The second kappa shape index (κ2) is 24.9. The molecular formula is C45H58N12O4. The lowest BCUT2D eigenvalue weighted by Crippen LogP contribution is -2.20. The summed E-state index contributed by atoms with van der Waals surface area (Å²) >= 11 is 0. The molecule has 0 aliphatic heterocycles. The van der Waals surface area contributed by atoms with Crippen molar-refractivity contribution in [2.75, 3.05) is 39.3 Å². The van der Waals surface area contributed by atoms with Crippen molar-refractivity contribution in [2.45, 2.75) is 67.2 Å². The number of carbonyl (C=O) groups is 2. The Labute approximate surface area is 358 Å². The van der Waals surface area contributed by atoms with E-state index in [1.807, 2.05) is 107 Å². The summed E-state index contributed by atoms with van der Waals surface area (Å²) in [7, 11) is 0. The van der Waals surface area contributed by atoms with Gasteiger partial charge < -0.3 is 53.6 Å². The highest BCUT2D eigenvalue weighted by Gasteiger charge is 2.17.